The van der Waals surface area contributed by atoms with Crippen molar-refractivity contribution in [2.45, 2.75) is 11.8 Å². The van der Waals surface area contributed by atoms with E-state index in [9.17, 15) is 4.79 Å². The van der Waals surface area contributed by atoms with E-state index in [1.165, 1.54) is 18.4 Å². The van der Waals surface area contributed by atoms with E-state index < -0.39 is 10.7 Å². The fourth-order valence-electron chi connectivity index (χ4n) is 1.76. The molecule has 0 aliphatic rings. The minimum absolute atomic E-state index is 0.455. The first-order chi connectivity index (χ1) is 8.93. The van der Waals surface area contributed by atoms with Crippen LogP contribution in [0.3, 0.4) is 0 Å². The van der Waals surface area contributed by atoms with Crippen LogP contribution >= 0.6 is 34.5 Å². The fraction of sp³-hybridized carbons (Fsp3) is 0.273. The molecule has 19 heavy (non-hydrogen) atoms. The molecule has 0 radical (unpaired) electrons. The molecule has 0 saturated heterocycles. The number of hydrogen-bond acceptors (Lipinski definition) is 5. The molecule has 0 saturated carbocycles. The molecule has 2 aromatic rings. The standard InChI is InChI=1S/C11H11Cl2N3O2S/c1-4-7-6(19-11(14)16-7)3-5(8(4)18-2)15-10(17)9(12)13/h3,9H,1-2H3,(H2,14,16)(H,15,17). The van der Waals surface area contributed by atoms with Crippen LogP contribution in [0.15, 0.2) is 6.07 Å². The molecule has 0 aliphatic heterocycles. The quantitative estimate of drug-likeness (QED) is 0.853. The number of nitrogen functional groups attached to an aromatic ring is 1. The minimum atomic E-state index is -1.15. The van der Waals surface area contributed by atoms with E-state index in [1.807, 2.05) is 6.92 Å². The topological polar surface area (TPSA) is 77.2 Å². The van der Waals surface area contributed by atoms with Crippen molar-refractivity contribution < 1.29 is 9.53 Å². The number of methoxy groups -OCH3 is 1. The van der Waals surface area contributed by atoms with Gasteiger partial charge in [0, 0.05) is 5.56 Å². The molecular weight excluding hydrogens is 309 g/mol. The highest BCUT2D eigenvalue weighted by atomic mass is 35.5. The van der Waals surface area contributed by atoms with Crippen molar-refractivity contribution in [2.24, 2.45) is 0 Å². The molecule has 1 aromatic carbocycles. The number of anilines is 2. The van der Waals surface area contributed by atoms with Crippen LogP contribution < -0.4 is 15.8 Å². The lowest BCUT2D eigenvalue weighted by Crippen LogP contribution is -2.19. The molecule has 5 nitrogen and oxygen atoms in total. The van der Waals surface area contributed by atoms with Crippen LogP contribution in [0.4, 0.5) is 10.8 Å². The molecule has 102 valence electrons. The Kier molecular flexibility index (Phi) is 4.03. The number of benzene rings is 1. The number of carbonyl (C=O) groups excluding carboxylic acids is 1. The highest BCUT2D eigenvalue weighted by molar-refractivity contribution is 7.22. The van der Waals surface area contributed by atoms with Crippen LogP contribution in [0.25, 0.3) is 10.2 Å². The number of nitrogens with zero attached hydrogens (tertiary/aromatic N) is 1. The number of aromatic nitrogens is 1. The maximum absolute atomic E-state index is 11.6. The number of aryl methyl sites for hydroxylation is 1. The summed E-state index contributed by atoms with van der Waals surface area (Å²) in [4.78, 5) is 14.6. The SMILES string of the molecule is COc1c(NC(=O)C(Cl)Cl)cc2sc(N)nc2c1C. The van der Waals surface area contributed by atoms with Gasteiger partial charge in [0.1, 0.15) is 5.75 Å². The van der Waals surface area contributed by atoms with Crippen LogP contribution in [0.1, 0.15) is 5.56 Å². The molecule has 0 aliphatic carbocycles. The van der Waals surface area contributed by atoms with Gasteiger partial charge >= 0.3 is 0 Å². The number of hydrogen-bond donors (Lipinski definition) is 2. The van der Waals surface area contributed by atoms with Crippen molar-refractivity contribution in [1.29, 1.82) is 0 Å². The lowest BCUT2D eigenvalue weighted by molar-refractivity contribution is -0.114. The molecule has 1 heterocycles. The number of halogens is 2. The van der Waals surface area contributed by atoms with Crippen molar-refractivity contribution in [2.75, 3.05) is 18.2 Å². The Labute approximate surface area is 123 Å². The molecule has 0 fully saturated rings. The largest absolute Gasteiger partial charge is 0.494 e. The molecule has 8 heteroatoms. The zero-order chi connectivity index (χ0) is 14.2. The molecule has 2 rings (SSSR count). The zero-order valence-corrected chi connectivity index (χ0v) is 12.5. The monoisotopic (exact) mass is 319 g/mol. The molecule has 3 N–H and O–H groups in total. The third-order valence-electron chi connectivity index (χ3n) is 2.55. The minimum Gasteiger partial charge on any atom is -0.494 e. The van der Waals surface area contributed by atoms with Gasteiger partial charge in [0.25, 0.3) is 5.91 Å². The van der Waals surface area contributed by atoms with Gasteiger partial charge in [0.2, 0.25) is 0 Å². The van der Waals surface area contributed by atoms with Crippen molar-refractivity contribution >= 4 is 61.5 Å². The number of nitrogens with two attached hydrogens (primary N) is 1. The second-order valence-electron chi connectivity index (χ2n) is 3.77. The van der Waals surface area contributed by atoms with Crippen LogP contribution in [-0.2, 0) is 4.79 Å². The van der Waals surface area contributed by atoms with E-state index in [2.05, 4.69) is 10.3 Å². The third-order valence-corrected chi connectivity index (χ3v) is 3.77. The number of nitrogens with one attached hydrogen (secondary N) is 1. The van der Waals surface area contributed by atoms with Gasteiger partial charge in [-0.1, -0.05) is 34.5 Å². The third kappa shape index (κ3) is 2.70. The summed E-state index contributed by atoms with van der Waals surface area (Å²) in [6.45, 7) is 1.84. The van der Waals surface area contributed by atoms with Gasteiger partial charge in [-0.05, 0) is 13.0 Å². The normalized spacial score (nSPS) is 11.0. The number of thiazole rings is 1. The predicted octanol–water partition coefficient (Wildman–Crippen LogP) is 2.94. The Bertz CT molecular complexity index is 642. The van der Waals surface area contributed by atoms with Gasteiger partial charge in [-0.25, -0.2) is 4.98 Å². The molecule has 0 unspecified atom stereocenters. The zero-order valence-electron chi connectivity index (χ0n) is 10.2. The highest BCUT2D eigenvalue weighted by Crippen LogP contribution is 2.38. The van der Waals surface area contributed by atoms with E-state index >= 15 is 0 Å². The van der Waals surface area contributed by atoms with Crippen molar-refractivity contribution in [1.82, 2.24) is 4.98 Å². The smallest absolute Gasteiger partial charge is 0.257 e. The number of rotatable bonds is 3. The summed E-state index contributed by atoms with van der Waals surface area (Å²) in [5.74, 6) is -0.00185. The second kappa shape index (κ2) is 5.40. The highest BCUT2D eigenvalue weighted by Gasteiger charge is 2.18. The molecular formula is C11H11Cl2N3O2S. The Balaban J connectivity index is 2.56. The summed E-state index contributed by atoms with van der Waals surface area (Å²) in [7, 11) is 1.51. The Morgan fingerprint density at radius 1 is 1.58 bits per heavy atom. The lowest BCUT2D eigenvalue weighted by Gasteiger charge is -2.13. The van der Waals surface area contributed by atoms with Crippen molar-refractivity contribution in [3.63, 3.8) is 0 Å². The summed E-state index contributed by atoms with van der Waals surface area (Å²) in [6.07, 6.45) is 0. The van der Waals surface area contributed by atoms with Gasteiger partial charge in [-0.3, -0.25) is 4.79 Å². The summed E-state index contributed by atoms with van der Waals surface area (Å²) in [5, 5.41) is 3.07. The lowest BCUT2D eigenvalue weighted by atomic mass is 10.1. The van der Waals surface area contributed by atoms with Gasteiger partial charge in [-0.2, -0.15) is 0 Å². The predicted molar refractivity (Wildman–Crippen MR) is 79.4 cm³/mol. The number of ether oxygens (including phenoxy) is 1. The molecule has 0 bridgehead atoms. The van der Waals surface area contributed by atoms with Crippen LogP contribution in [0.2, 0.25) is 0 Å². The summed E-state index contributed by atoms with van der Waals surface area (Å²) in [5.41, 5.74) is 7.73. The van der Waals surface area contributed by atoms with Gasteiger partial charge < -0.3 is 15.8 Å². The Morgan fingerprint density at radius 2 is 2.26 bits per heavy atom. The van der Waals surface area contributed by atoms with Crippen molar-refractivity contribution in [3.05, 3.63) is 11.6 Å². The van der Waals surface area contributed by atoms with E-state index in [1.54, 1.807) is 6.07 Å². The number of alkyl halides is 2. The molecule has 1 aromatic heterocycles. The van der Waals surface area contributed by atoms with Crippen LogP contribution in [0, 0.1) is 6.92 Å². The average molecular weight is 320 g/mol. The van der Waals surface area contributed by atoms with Gasteiger partial charge in [-0.15, -0.1) is 0 Å². The summed E-state index contributed by atoms with van der Waals surface area (Å²) in [6, 6.07) is 1.74. The maximum Gasteiger partial charge on any atom is 0.257 e. The fourth-order valence-corrected chi connectivity index (χ4v) is 2.71. The first-order valence-corrected chi connectivity index (χ1v) is 6.95. The molecule has 0 spiro atoms. The first kappa shape index (κ1) is 14.2. The van der Waals surface area contributed by atoms with Crippen LogP contribution in [-0.4, -0.2) is 22.8 Å². The second-order valence-corrected chi connectivity index (χ2v) is 5.93. The van der Waals surface area contributed by atoms with E-state index in [-0.39, 0.29) is 0 Å². The molecule has 1 amide bonds. The van der Waals surface area contributed by atoms with Gasteiger partial charge in [0.05, 0.1) is 23.0 Å². The maximum atomic E-state index is 11.6. The van der Waals surface area contributed by atoms with E-state index in [0.29, 0.717) is 16.6 Å². The first-order valence-electron chi connectivity index (χ1n) is 5.26. The number of amides is 1. The molecule has 0 atom stereocenters. The Morgan fingerprint density at radius 3 is 2.84 bits per heavy atom. The number of carbonyl (C=O) groups is 1. The number of fused-ring (bicyclic) bond motifs is 1. The Hall–Kier alpha value is -1.24. The van der Waals surface area contributed by atoms with E-state index in [0.717, 1.165) is 15.8 Å². The van der Waals surface area contributed by atoms with Crippen LogP contribution in [0.5, 0.6) is 5.75 Å². The average Bonchev–Trinajstić information content (AvgIpc) is 2.70. The summed E-state index contributed by atoms with van der Waals surface area (Å²) < 4.78 is 6.15. The van der Waals surface area contributed by atoms with Gasteiger partial charge in [0.15, 0.2) is 9.97 Å². The van der Waals surface area contributed by atoms with Crippen molar-refractivity contribution in [3.8, 4) is 5.75 Å². The summed E-state index contributed by atoms with van der Waals surface area (Å²) >= 11 is 12.4. The van der Waals surface area contributed by atoms with E-state index in [4.69, 9.17) is 33.7 Å².